The monoisotopic (exact) mass is 1090 g/mol. The van der Waals surface area contributed by atoms with Gasteiger partial charge in [-0.25, -0.2) is 45.2 Å². The molecule has 75 heavy (non-hydrogen) atoms. The van der Waals surface area contributed by atoms with Gasteiger partial charge in [0.15, 0.2) is 0 Å². The SMILES string of the molecule is COc1cc(S(=O)(=O)N2CCOCC2)ccc1N.COc1cc(S(=O)(=O)N2CCOCC2)ccc1N(C)c1cc2c(cn1)ncn2C.COc1cc(S(=O)(=O)N2CCOCC2)ccc1Nc1cc2c(cn1)ncn2C. The van der Waals surface area contributed by atoms with Gasteiger partial charge in [0.1, 0.15) is 39.9 Å². The molecule has 0 saturated carbocycles. The van der Waals surface area contributed by atoms with Crippen LogP contribution in [0.25, 0.3) is 22.1 Å². The summed E-state index contributed by atoms with van der Waals surface area (Å²) in [7, 11) is -0.517. The highest BCUT2D eigenvalue weighted by Gasteiger charge is 2.30. The molecule has 3 aliphatic rings. The van der Waals surface area contributed by atoms with Crippen molar-refractivity contribution in [1.29, 1.82) is 0 Å². The molecule has 0 bridgehead atoms. The van der Waals surface area contributed by atoms with E-state index in [9.17, 15) is 25.3 Å². The molecule has 0 atom stereocenters. The second-order valence-corrected chi connectivity index (χ2v) is 22.9. The molecular formula is C48H60N12O12S3. The number of methoxy groups -OCH3 is 3. The van der Waals surface area contributed by atoms with E-state index in [0.29, 0.717) is 125 Å². The number of pyridine rings is 2. The Bertz CT molecular complexity index is 3470. The van der Waals surface area contributed by atoms with Gasteiger partial charge < -0.3 is 53.5 Å². The minimum atomic E-state index is -3.60. The first-order chi connectivity index (χ1) is 36.0. The Hall–Kier alpha value is -6.69. The Morgan fingerprint density at radius 1 is 0.547 bits per heavy atom. The Balaban J connectivity index is 0.000000154. The lowest BCUT2D eigenvalue weighted by Crippen LogP contribution is -2.40. The van der Waals surface area contributed by atoms with E-state index in [4.69, 9.17) is 34.2 Å². The number of hydrogen-bond acceptors (Lipinski definition) is 19. The maximum atomic E-state index is 12.9. The molecule has 24 nitrogen and oxygen atoms in total. The number of nitrogen functional groups attached to an aromatic ring is 1. The van der Waals surface area contributed by atoms with Gasteiger partial charge in [0.25, 0.3) is 0 Å². The first-order valence-electron chi connectivity index (χ1n) is 23.5. The van der Waals surface area contributed by atoms with E-state index in [1.54, 1.807) is 55.4 Å². The standard InChI is InChI=1S/C19H23N5O4S.C18H21N5O4S.C11H16N2O4S/c1-22-13-21-15-12-20-19(11-17(15)22)23(2)16-5-4-14(10-18(16)27-3)29(25,26)24-6-8-28-9-7-24;1-22-12-20-15-11-19-18(10-16(15)22)21-14-4-3-13(9-17(14)26-2)28(24,25)23-5-7-27-8-6-23;1-16-11-8-9(2-3-10(11)12)18(14,15)13-4-6-17-7-5-13/h4-5,10-13H,6-9H2,1-3H3;3-4,9-12H,5-8H2,1-2H3,(H,19,21);2-3,8H,4-7,12H2,1H3. The fourth-order valence-electron chi connectivity index (χ4n) is 8.25. The fraction of sp³-hybridized carbons (Fsp3) is 0.375. The molecule has 0 aliphatic carbocycles. The van der Waals surface area contributed by atoms with Gasteiger partial charge in [-0.05, 0) is 36.4 Å². The van der Waals surface area contributed by atoms with Crippen LogP contribution in [0.2, 0.25) is 0 Å². The maximum Gasteiger partial charge on any atom is 0.243 e. The molecule has 402 valence electrons. The number of nitrogens with two attached hydrogens (primary N) is 1. The molecule has 3 fully saturated rings. The summed E-state index contributed by atoms with van der Waals surface area (Å²) in [6.07, 6.45) is 6.86. The summed E-state index contributed by atoms with van der Waals surface area (Å²) in [4.78, 5) is 19.8. The van der Waals surface area contributed by atoms with Gasteiger partial charge in [0, 0.05) is 90.7 Å². The minimum Gasteiger partial charge on any atom is -0.495 e. The highest BCUT2D eigenvalue weighted by Crippen LogP contribution is 2.36. The second kappa shape index (κ2) is 23.5. The zero-order valence-electron chi connectivity index (χ0n) is 42.3. The summed E-state index contributed by atoms with van der Waals surface area (Å²) >= 11 is 0. The van der Waals surface area contributed by atoms with E-state index < -0.39 is 30.1 Å². The van der Waals surface area contributed by atoms with Crippen LogP contribution in [0.1, 0.15) is 0 Å². The van der Waals surface area contributed by atoms with E-state index in [-0.39, 0.29) is 14.7 Å². The summed E-state index contributed by atoms with van der Waals surface area (Å²) in [5.74, 6) is 2.54. The number of aromatic nitrogens is 6. The number of imidazole rings is 2. The summed E-state index contributed by atoms with van der Waals surface area (Å²) in [6, 6.07) is 17.9. The Kier molecular flexibility index (Phi) is 17.1. The first-order valence-corrected chi connectivity index (χ1v) is 27.9. The second-order valence-electron chi connectivity index (χ2n) is 17.1. The lowest BCUT2D eigenvalue weighted by atomic mass is 10.2. The lowest BCUT2D eigenvalue weighted by molar-refractivity contribution is 0.0730. The molecule has 3 aromatic carbocycles. The number of sulfonamides is 3. The predicted molar refractivity (Wildman–Crippen MR) is 280 cm³/mol. The predicted octanol–water partition coefficient (Wildman–Crippen LogP) is 3.81. The van der Waals surface area contributed by atoms with Gasteiger partial charge >= 0.3 is 0 Å². The van der Waals surface area contributed by atoms with Crippen molar-refractivity contribution >= 4 is 80.8 Å². The quantitative estimate of drug-likeness (QED) is 0.155. The van der Waals surface area contributed by atoms with Crippen molar-refractivity contribution in [2.24, 2.45) is 14.1 Å². The molecule has 0 amide bonds. The van der Waals surface area contributed by atoms with Crippen molar-refractivity contribution in [3.05, 3.63) is 91.8 Å². The molecule has 27 heteroatoms. The zero-order valence-corrected chi connectivity index (χ0v) is 44.8. The number of nitrogens with one attached hydrogen (secondary N) is 1. The van der Waals surface area contributed by atoms with E-state index in [1.165, 1.54) is 58.5 Å². The smallest absolute Gasteiger partial charge is 0.243 e. The maximum absolute atomic E-state index is 12.9. The number of morpholine rings is 3. The average Bonchev–Trinajstić information content (AvgIpc) is 4.01. The van der Waals surface area contributed by atoms with Crippen molar-refractivity contribution in [3.63, 3.8) is 0 Å². The summed E-state index contributed by atoms with van der Waals surface area (Å²) in [5.41, 5.74) is 10.9. The molecule has 3 N–H and O–H groups in total. The van der Waals surface area contributed by atoms with Gasteiger partial charge in [-0.1, -0.05) is 0 Å². The van der Waals surface area contributed by atoms with Gasteiger partial charge in [0.2, 0.25) is 30.1 Å². The van der Waals surface area contributed by atoms with Crippen LogP contribution in [-0.2, 0) is 58.4 Å². The van der Waals surface area contributed by atoms with Crippen LogP contribution in [0.3, 0.4) is 0 Å². The van der Waals surface area contributed by atoms with E-state index in [0.717, 1.165) is 22.1 Å². The molecule has 7 heterocycles. The van der Waals surface area contributed by atoms with Crippen LogP contribution < -0.4 is 30.2 Å². The fourth-order valence-corrected chi connectivity index (χ4v) is 12.5. The normalized spacial score (nSPS) is 16.1. The molecule has 3 saturated heterocycles. The van der Waals surface area contributed by atoms with E-state index >= 15 is 0 Å². The number of anilines is 5. The van der Waals surface area contributed by atoms with Crippen molar-refractivity contribution in [1.82, 2.24) is 42.0 Å². The summed E-state index contributed by atoms with van der Waals surface area (Å²) in [6.45, 7) is 4.58. The number of benzene rings is 3. The highest BCUT2D eigenvalue weighted by molar-refractivity contribution is 7.89. The van der Waals surface area contributed by atoms with Crippen molar-refractivity contribution in [2.75, 3.05) is 123 Å². The molecule has 4 aromatic heterocycles. The minimum absolute atomic E-state index is 0.187. The van der Waals surface area contributed by atoms with Gasteiger partial charge in [-0.3, -0.25) is 0 Å². The van der Waals surface area contributed by atoms with Crippen LogP contribution in [-0.4, -0.2) is 175 Å². The molecule has 10 rings (SSSR count). The van der Waals surface area contributed by atoms with E-state index in [2.05, 4.69) is 25.3 Å². The molecule has 7 aromatic rings. The zero-order chi connectivity index (χ0) is 53.5. The van der Waals surface area contributed by atoms with Crippen LogP contribution >= 0.6 is 0 Å². The average molecular weight is 1090 g/mol. The Labute approximate surface area is 435 Å². The number of aryl methyl sites for hydroxylation is 2. The number of hydrogen-bond donors (Lipinski definition) is 2. The molecular weight excluding hydrogens is 1030 g/mol. The third-order valence-electron chi connectivity index (χ3n) is 12.5. The summed E-state index contributed by atoms with van der Waals surface area (Å²) < 4.78 is 116. The third-order valence-corrected chi connectivity index (χ3v) is 18.2. The third kappa shape index (κ3) is 12.1. The largest absolute Gasteiger partial charge is 0.495 e. The molecule has 0 radical (unpaired) electrons. The van der Waals surface area contributed by atoms with Crippen LogP contribution in [0, 0.1) is 0 Å². The first kappa shape index (κ1) is 54.6. The highest BCUT2D eigenvalue weighted by atomic mass is 32.2. The van der Waals surface area contributed by atoms with Crippen molar-refractivity contribution in [2.45, 2.75) is 14.7 Å². The van der Waals surface area contributed by atoms with E-state index in [1.807, 2.05) is 47.3 Å². The van der Waals surface area contributed by atoms with Gasteiger partial charge in [-0.2, -0.15) is 12.9 Å². The lowest BCUT2D eigenvalue weighted by Gasteiger charge is -2.27. The number of nitrogens with zero attached hydrogens (tertiary/aromatic N) is 10. The van der Waals surface area contributed by atoms with Gasteiger partial charge in [0.05, 0.1) is 129 Å². The number of ether oxygens (including phenoxy) is 6. The topological polar surface area (TPSA) is 270 Å². The molecule has 0 spiro atoms. The van der Waals surface area contributed by atoms with Crippen LogP contribution in [0.4, 0.5) is 28.7 Å². The van der Waals surface area contributed by atoms with Crippen molar-refractivity contribution < 1.29 is 53.7 Å². The number of rotatable bonds is 13. The number of fused-ring (bicyclic) bond motifs is 2. The Morgan fingerprint density at radius 2 is 0.973 bits per heavy atom. The molecule has 0 unspecified atom stereocenters. The Morgan fingerprint density at radius 3 is 1.47 bits per heavy atom. The van der Waals surface area contributed by atoms with Crippen molar-refractivity contribution in [3.8, 4) is 17.2 Å². The van der Waals surface area contributed by atoms with Gasteiger partial charge in [-0.15, -0.1) is 0 Å². The molecule has 3 aliphatic heterocycles. The van der Waals surface area contributed by atoms with Crippen LogP contribution in [0.5, 0.6) is 17.2 Å². The summed E-state index contributed by atoms with van der Waals surface area (Å²) in [5, 5.41) is 3.19. The van der Waals surface area contributed by atoms with Crippen LogP contribution in [0.15, 0.2) is 106 Å².